The zero-order valence-corrected chi connectivity index (χ0v) is 8.32. The molecule has 0 aliphatic carbocycles. The number of thiol groups is 1. The molecule has 0 aromatic heterocycles. The van der Waals surface area contributed by atoms with Crippen LogP contribution >= 0.6 is 12.6 Å². The first-order valence-electron chi connectivity index (χ1n) is 3.75. The van der Waals surface area contributed by atoms with Crippen molar-refractivity contribution in [2.45, 2.75) is 5.75 Å². The van der Waals surface area contributed by atoms with Crippen LogP contribution in [0.15, 0.2) is 12.1 Å². The highest BCUT2D eigenvalue weighted by Gasteiger charge is 2.19. The summed E-state index contributed by atoms with van der Waals surface area (Å²) in [6.45, 7) is 0. The summed E-state index contributed by atoms with van der Waals surface area (Å²) in [5.41, 5.74) is 0.253. The number of phenols is 1. The molecule has 0 heterocycles. The summed E-state index contributed by atoms with van der Waals surface area (Å²) in [6, 6.07) is 2.78. The number of hydrogen-bond acceptors (Lipinski definition) is 5. The molecule has 14 heavy (non-hydrogen) atoms. The van der Waals surface area contributed by atoms with Crippen molar-refractivity contribution in [2.24, 2.45) is 0 Å². The molecule has 1 aromatic carbocycles. The minimum absolute atomic E-state index is 0.0863. The molecular weight excluding hydrogens is 206 g/mol. The van der Waals surface area contributed by atoms with Crippen LogP contribution in [-0.4, -0.2) is 17.1 Å². The largest absolute Gasteiger partial charge is 0.500 e. The fourth-order valence-corrected chi connectivity index (χ4v) is 1.22. The lowest BCUT2D eigenvalue weighted by Gasteiger charge is -2.05. The Morgan fingerprint density at radius 2 is 2.29 bits per heavy atom. The molecule has 0 aliphatic heterocycles. The van der Waals surface area contributed by atoms with E-state index in [0.29, 0.717) is 11.3 Å². The normalized spacial score (nSPS) is 9.86. The van der Waals surface area contributed by atoms with Gasteiger partial charge in [-0.05, 0) is 11.6 Å². The van der Waals surface area contributed by atoms with Gasteiger partial charge in [-0.3, -0.25) is 10.1 Å². The van der Waals surface area contributed by atoms with Crippen molar-refractivity contribution in [3.8, 4) is 11.5 Å². The number of aromatic hydroxyl groups is 1. The van der Waals surface area contributed by atoms with Crippen LogP contribution in [0, 0.1) is 10.1 Å². The number of nitrogens with zero attached hydrogens (tertiary/aromatic N) is 1. The van der Waals surface area contributed by atoms with Gasteiger partial charge in [0, 0.05) is 11.8 Å². The Balaban J connectivity index is 3.34. The Labute approximate surface area is 85.9 Å². The number of phenolic OH excluding ortho intramolecular Hbond substituents is 1. The fraction of sp³-hybridized carbons (Fsp3) is 0.250. The van der Waals surface area contributed by atoms with Crippen LogP contribution in [0.2, 0.25) is 0 Å². The van der Waals surface area contributed by atoms with Crippen LogP contribution in [0.5, 0.6) is 11.5 Å². The quantitative estimate of drug-likeness (QED) is 0.457. The van der Waals surface area contributed by atoms with E-state index in [1.165, 1.54) is 19.2 Å². The Morgan fingerprint density at radius 1 is 1.64 bits per heavy atom. The van der Waals surface area contributed by atoms with Gasteiger partial charge in [0.05, 0.1) is 12.0 Å². The fourth-order valence-electron chi connectivity index (χ4n) is 1.03. The number of ether oxygens (including phenoxy) is 1. The molecule has 0 spiro atoms. The second-order valence-electron chi connectivity index (χ2n) is 2.58. The molecule has 6 heteroatoms. The van der Waals surface area contributed by atoms with Crippen molar-refractivity contribution in [1.29, 1.82) is 0 Å². The lowest BCUT2D eigenvalue weighted by atomic mass is 10.2. The number of benzene rings is 1. The molecule has 0 amide bonds. The van der Waals surface area contributed by atoms with E-state index in [1.54, 1.807) is 0 Å². The lowest BCUT2D eigenvalue weighted by Crippen LogP contribution is -1.93. The zero-order valence-electron chi connectivity index (χ0n) is 7.43. The highest BCUT2D eigenvalue weighted by molar-refractivity contribution is 7.79. The molecule has 1 aromatic rings. The van der Waals surface area contributed by atoms with Crippen LogP contribution in [-0.2, 0) is 5.75 Å². The van der Waals surface area contributed by atoms with E-state index < -0.39 is 10.7 Å². The van der Waals surface area contributed by atoms with Crippen LogP contribution in [0.1, 0.15) is 5.56 Å². The predicted molar refractivity (Wildman–Crippen MR) is 54.0 cm³/mol. The molecule has 0 saturated carbocycles. The average molecular weight is 215 g/mol. The lowest BCUT2D eigenvalue weighted by molar-refractivity contribution is -0.386. The third kappa shape index (κ3) is 1.90. The van der Waals surface area contributed by atoms with Gasteiger partial charge >= 0.3 is 5.69 Å². The van der Waals surface area contributed by atoms with Crippen LogP contribution < -0.4 is 4.74 Å². The van der Waals surface area contributed by atoms with Crippen molar-refractivity contribution in [3.63, 3.8) is 0 Å². The summed E-state index contributed by atoms with van der Waals surface area (Å²) in [7, 11) is 1.33. The number of rotatable bonds is 3. The molecular formula is C8H9NO4S. The molecule has 0 radical (unpaired) electrons. The van der Waals surface area contributed by atoms with Crippen molar-refractivity contribution in [1.82, 2.24) is 0 Å². The highest BCUT2D eigenvalue weighted by Crippen LogP contribution is 2.37. The number of nitro benzene ring substituents is 1. The third-order valence-corrected chi connectivity index (χ3v) is 2.08. The maximum absolute atomic E-state index is 10.5. The molecule has 1 N–H and O–H groups in total. The van der Waals surface area contributed by atoms with E-state index in [4.69, 9.17) is 4.74 Å². The second kappa shape index (κ2) is 4.19. The van der Waals surface area contributed by atoms with E-state index >= 15 is 0 Å². The highest BCUT2D eigenvalue weighted by atomic mass is 32.1. The SMILES string of the molecule is COc1cc(CS)cc([N+](=O)[O-])c1O. The van der Waals surface area contributed by atoms with Gasteiger partial charge in [0.2, 0.25) is 5.75 Å². The number of hydrogen-bond donors (Lipinski definition) is 2. The Morgan fingerprint density at radius 3 is 2.71 bits per heavy atom. The maximum Gasteiger partial charge on any atom is 0.314 e. The number of nitro groups is 1. The standard InChI is InChI=1S/C8H9NO4S/c1-13-7-3-5(4-14)2-6(8(7)10)9(11)12/h2-3,10,14H,4H2,1H3. The maximum atomic E-state index is 10.5. The van der Waals surface area contributed by atoms with E-state index in [-0.39, 0.29) is 11.4 Å². The Bertz CT molecular complexity index is 367. The second-order valence-corrected chi connectivity index (χ2v) is 2.90. The summed E-state index contributed by atoms with van der Waals surface area (Å²) in [4.78, 5) is 9.86. The van der Waals surface area contributed by atoms with E-state index in [2.05, 4.69) is 12.6 Å². The van der Waals surface area contributed by atoms with Crippen molar-refractivity contribution < 1.29 is 14.8 Å². The molecule has 0 atom stereocenters. The van der Waals surface area contributed by atoms with E-state index in [9.17, 15) is 15.2 Å². The van der Waals surface area contributed by atoms with Gasteiger partial charge in [-0.15, -0.1) is 0 Å². The first-order valence-corrected chi connectivity index (χ1v) is 4.38. The first kappa shape index (κ1) is 10.6. The van der Waals surface area contributed by atoms with Gasteiger partial charge in [-0.1, -0.05) is 0 Å². The average Bonchev–Trinajstić information content (AvgIpc) is 2.17. The van der Waals surface area contributed by atoms with Crippen molar-refractivity contribution in [3.05, 3.63) is 27.8 Å². The summed E-state index contributed by atoms with van der Waals surface area (Å²) in [6.07, 6.45) is 0. The third-order valence-electron chi connectivity index (χ3n) is 1.71. The Kier molecular flexibility index (Phi) is 3.19. The molecule has 0 bridgehead atoms. The van der Waals surface area contributed by atoms with Crippen LogP contribution in [0.4, 0.5) is 5.69 Å². The summed E-state index contributed by atoms with van der Waals surface area (Å²) >= 11 is 3.99. The van der Waals surface area contributed by atoms with E-state index in [0.717, 1.165) is 0 Å². The predicted octanol–water partition coefficient (Wildman–Crippen LogP) is 1.74. The van der Waals surface area contributed by atoms with Crippen LogP contribution in [0.25, 0.3) is 0 Å². The topological polar surface area (TPSA) is 72.6 Å². The minimum atomic E-state index is -0.662. The van der Waals surface area contributed by atoms with Crippen molar-refractivity contribution in [2.75, 3.05) is 7.11 Å². The van der Waals surface area contributed by atoms with Crippen molar-refractivity contribution >= 4 is 18.3 Å². The van der Waals surface area contributed by atoms with E-state index in [1.807, 2.05) is 0 Å². The molecule has 1 rings (SSSR count). The first-order chi connectivity index (χ1) is 6.60. The summed E-state index contributed by atoms with van der Waals surface area (Å²) < 4.78 is 4.79. The summed E-state index contributed by atoms with van der Waals surface area (Å²) in [5.74, 6) is -0.0245. The zero-order chi connectivity index (χ0) is 10.7. The van der Waals surface area contributed by atoms with Crippen LogP contribution in [0.3, 0.4) is 0 Å². The van der Waals surface area contributed by atoms with Gasteiger partial charge in [0.1, 0.15) is 0 Å². The monoisotopic (exact) mass is 215 g/mol. The molecule has 0 unspecified atom stereocenters. The minimum Gasteiger partial charge on any atom is -0.500 e. The van der Waals surface area contributed by atoms with Gasteiger partial charge < -0.3 is 9.84 Å². The number of methoxy groups -OCH3 is 1. The Hall–Kier alpha value is -1.43. The van der Waals surface area contributed by atoms with Gasteiger partial charge in [0.15, 0.2) is 5.75 Å². The smallest absolute Gasteiger partial charge is 0.314 e. The molecule has 5 nitrogen and oxygen atoms in total. The molecule has 0 fully saturated rings. The van der Waals surface area contributed by atoms with Gasteiger partial charge in [0.25, 0.3) is 0 Å². The molecule has 0 saturated heterocycles. The summed E-state index contributed by atoms with van der Waals surface area (Å²) in [5, 5.41) is 19.9. The molecule has 0 aliphatic rings. The molecule has 76 valence electrons. The van der Waals surface area contributed by atoms with Gasteiger partial charge in [-0.2, -0.15) is 12.6 Å². The van der Waals surface area contributed by atoms with Gasteiger partial charge in [-0.25, -0.2) is 0 Å².